The Hall–Kier alpha value is -4.96. The SMILES string of the molecule is C=CC1C(OC(=O)COC(=O)c2cc(O)c(O)c(O)c2)C(CO)OC1n1cnc2c(=O)[nH]c(NC(=O)C(C)C)nc21. The molecule has 1 saturated heterocycles. The number of nitrogens with zero attached hydrogens (tertiary/aromatic N) is 3. The highest BCUT2D eigenvalue weighted by Gasteiger charge is 2.47. The number of benzene rings is 1. The summed E-state index contributed by atoms with van der Waals surface area (Å²) >= 11 is 0. The van der Waals surface area contributed by atoms with Crippen LogP contribution in [0.2, 0.25) is 0 Å². The van der Waals surface area contributed by atoms with E-state index in [1.807, 2.05) is 0 Å². The number of rotatable bonds is 9. The number of fused-ring (bicyclic) bond motifs is 1. The fourth-order valence-corrected chi connectivity index (χ4v) is 4.11. The second kappa shape index (κ2) is 11.6. The normalized spacial score (nSPS) is 20.2. The predicted octanol–water partition coefficient (Wildman–Crippen LogP) is 0.292. The zero-order valence-electron chi connectivity index (χ0n) is 21.8. The van der Waals surface area contributed by atoms with E-state index in [9.17, 15) is 39.6 Å². The second-order valence-corrected chi connectivity index (χ2v) is 9.34. The van der Waals surface area contributed by atoms with Gasteiger partial charge in [0, 0.05) is 5.92 Å². The quantitative estimate of drug-likeness (QED) is 0.115. The van der Waals surface area contributed by atoms with Crippen LogP contribution in [0.25, 0.3) is 11.2 Å². The molecule has 6 N–H and O–H groups in total. The lowest BCUT2D eigenvalue weighted by Crippen LogP contribution is -2.35. The number of aliphatic hydroxyl groups excluding tert-OH is 1. The first-order valence-corrected chi connectivity index (χ1v) is 12.2. The highest BCUT2D eigenvalue weighted by Crippen LogP contribution is 2.39. The summed E-state index contributed by atoms with van der Waals surface area (Å²) in [7, 11) is 0. The van der Waals surface area contributed by atoms with Gasteiger partial charge in [-0.05, 0) is 12.1 Å². The summed E-state index contributed by atoms with van der Waals surface area (Å²) in [4.78, 5) is 60.3. The van der Waals surface area contributed by atoms with Gasteiger partial charge in [-0.25, -0.2) is 14.6 Å². The molecule has 2 aromatic heterocycles. The van der Waals surface area contributed by atoms with Crippen molar-refractivity contribution < 1.29 is 49.0 Å². The van der Waals surface area contributed by atoms with Crippen LogP contribution in [0.4, 0.5) is 5.95 Å². The molecular weight excluding hydrogens is 546 g/mol. The molecule has 0 spiro atoms. The standard InChI is InChI=1S/C25H27N5O11/c1-4-12-19(41-16(34)8-39-24(38)11-5-13(32)18(35)14(33)6-11)15(7-31)40-23(12)30-9-26-17-20(30)27-25(29-22(17)37)28-21(36)10(2)3/h4-6,9-10,12,15,19,23,31-33,35H,1,7-8H2,2-3H3,(H2,27,28,29,36,37). The van der Waals surface area contributed by atoms with Crippen LogP contribution < -0.4 is 10.9 Å². The lowest BCUT2D eigenvalue weighted by molar-refractivity contribution is -0.157. The number of carbonyl (C=O) groups is 3. The first-order chi connectivity index (χ1) is 19.4. The molecule has 0 saturated carbocycles. The van der Waals surface area contributed by atoms with Crippen LogP contribution in [0.3, 0.4) is 0 Å². The van der Waals surface area contributed by atoms with Crippen LogP contribution in [0, 0.1) is 11.8 Å². The molecule has 1 aromatic carbocycles. The zero-order valence-corrected chi connectivity index (χ0v) is 21.8. The third kappa shape index (κ3) is 5.82. The molecule has 1 aliphatic heterocycles. The Balaban J connectivity index is 1.52. The number of carbonyl (C=O) groups excluding carboxylic acids is 3. The van der Waals surface area contributed by atoms with Gasteiger partial charge in [-0.3, -0.25) is 24.5 Å². The molecule has 3 aromatic rings. The van der Waals surface area contributed by atoms with Crippen molar-refractivity contribution in [2.75, 3.05) is 18.5 Å². The van der Waals surface area contributed by atoms with E-state index >= 15 is 0 Å². The summed E-state index contributed by atoms with van der Waals surface area (Å²) in [5.41, 5.74) is -0.981. The Labute approximate surface area is 230 Å². The number of anilines is 1. The number of esters is 2. The molecule has 1 fully saturated rings. The minimum atomic E-state index is -1.12. The van der Waals surface area contributed by atoms with E-state index < -0.39 is 72.3 Å². The molecule has 1 aliphatic rings. The molecule has 4 atom stereocenters. The molecule has 0 bridgehead atoms. The zero-order chi connectivity index (χ0) is 30.0. The maximum atomic E-state index is 12.6. The van der Waals surface area contributed by atoms with E-state index in [4.69, 9.17) is 14.2 Å². The van der Waals surface area contributed by atoms with Crippen molar-refractivity contribution in [3.8, 4) is 17.2 Å². The van der Waals surface area contributed by atoms with E-state index in [1.165, 1.54) is 17.0 Å². The number of aromatic nitrogens is 4. The molecule has 4 unspecified atom stereocenters. The largest absolute Gasteiger partial charge is 0.504 e. The van der Waals surface area contributed by atoms with Gasteiger partial charge in [-0.2, -0.15) is 4.98 Å². The third-order valence-electron chi connectivity index (χ3n) is 6.21. The molecule has 16 heteroatoms. The number of aromatic hydroxyl groups is 3. The minimum Gasteiger partial charge on any atom is -0.504 e. The van der Waals surface area contributed by atoms with Crippen molar-refractivity contribution in [3.05, 3.63) is 47.0 Å². The lowest BCUT2D eigenvalue weighted by Gasteiger charge is -2.21. The summed E-state index contributed by atoms with van der Waals surface area (Å²) in [6.07, 6.45) is -0.498. The van der Waals surface area contributed by atoms with Crippen LogP contribution in [-0.4, -0.2) is 83.2 Å². The van der Waals surface area contributed by atoms with Crippen molar-refractivity contribution >= 4 is 35.0 Å². The number of aromatic amines is 1. The van der Waals surface area contributed by atoms with Gasteiger partial charge in [0.05, 0.1) is 24.4 Å². The van der Waals surface area contributed by atoms with Gasteiger partial charge in [-0.1, -0.05) is 19.9 Å². The minimum absolute atomic E-state index is 0.0441. The number of imidazole rings is 1. The Kier molecular flexibility index (Phi) is 8.25. The Morgan fingerprint density at radius 1 is 1.24 bits per heavy atom. The smallest absolute Gasteiger partial charge is 0.344 e. The Bertz CT molecular complexity index is 1540. The average molecular weight is 574 g/mol. The van der Waals surface area contributed by atoms with Crippen LogP contribution in [0.1, 0.15) is 30.4 Å². The Morgan fingerprint density at radius 3 is 2.54 bits per heavy atom. The molecule has 4 rings (SSSR count). The predicted molar refractivity (Wildman–Crippen MR) is 138 cm³/mol. The number of phenols is 3. The molecular formula is C25H27N5O11. The fraction of sp³-hybridized carbons (Fsp3) is 0.360. The first kappa shape index (κ1) is 29.0. The lowest BCUT2D eigenvalue weighted by atomic mass is 9.99. The summed E-state index contributed by atoms with van der Waals surface area (Å²) in [6.45, 7) is 5.62. The maximum absolute atomic E-state index is 12.6. The van der Waals surface area contributed by atoms with Crippen molar-refractivity contribution in [2.24, 2.45) is 11.8 Å². The van der Waals surface area contributed by atoms with Gasteiger partial charge >= 0.3 is 11.9 Å². The van der Waals surface area contributed by atoms with Crippen LogP contribution in [0.15, 0.2) is 35.9 Å². The van der Waals surface area contributed by atoms with E-state index in [0.29, 0.717) is 0 Å². The van der Waals surface area contributed by atoms with Gasteiger partial charge in [0.25, 0.3) is 5.56 Å². The number of nitrogens with one attached hydrogen (secondary N) is 2. The van der Waals surface area contributed by atoms with Crippen molar-refractivity contribution in [2.45, 2.75) is 32.3 Å². The summed E-state index contributed by atoms with van der Waals surface area (Å²) in [6, 6.07) is 1.67. The number of amides is 1. The monoisotopic (exact) mass is 573 g/mol. The average Bonchev–Trinajstić information content (AvgIpc) is 3.50. The Morgan fingerprint density at radius 2 is 1.93 bits per heavy atom. The van der Waals surface area contributed by atoms with Gasteiger partial charge in [0.1, 0.15) is 18.4 Å². The molecule has 0 radical (unpaired) electrons. The van der Waals surface area contributed by atoms with Gasteiger partial charge < -0.3 is 34.6 Å². The van der Waals surface area contributed by atoms with E-state index in [1.54, 1.807) is 13.8 Å². The second-order valence-electron chi connectivity index (χ2n) is 9.34. The maximum Gasteiger partial charge on any atom is 0.344 e. The van der Waals surface area contributed by atoms with Crippen LogP contribution >= 0.6 is 0 Å². The van der Waals surface area contributed by atoms with Crippen molar-refractivity contribution in [3.63, 3.8) is 0 Å². The first-order valence-electron chi connectivity index (χ1n) is 12.2. The van der Waals surface area contributed by atoms with Gasteiger partial charge in [-0.15, -0.1) is 6.58 Å². The summed E-state index contributed by atoms with van der Waals surface area (Å²) < 4.78 is 17.6. The molecule has 218 valence electrons. The summed E-state index contributed by atoms with van der Waals surface area (Å²) in [5.74, 6) is -6.18. The van der Waals surface area contributed by atoms with Crippen molar-refractivity contribution in [1.29, 1.82) is 0 Å². The van der Waals surface area contributed by atoms with Crippen LogP contribution in [-0.2, 0) is 23.8 Å². The topological polar surface area (TPSA) is 235 Å². The number of aliphatic hydroxyl groups is 1. The number of hydrogen-bond donors (Lipinski definition) is 6. The van der Waals surface area contributed by atoms with Gasteiger partial charge in [0.15, 0.2) is 35.0 Å². The van der Waals surface area contributed by atoms with Gasteiger partial charge in [0.2, 0.25) is 11.9 Å². The van der Waals surface area contributed by atoms with Crippen LogP contribution in [0.5, 0.6) is 17.2 Å². The summed E-state index contributed by atoms with van der Waals surface area (Å²) in [5, 5.41) is 41.0. The van der Waals surface area contributed by atoms with E-state index in [-0.39, 0.29) is 34.5 Å². The highest BCUT2D eigenvalue weighted by atomic mass is 16.6. The molecule has 41 heavy (non-hydrogen) atoms. The molecule has 3 heterocycles. The van der Waals surface area contributed by atoms with Crippen molar-refractivity contribution in [1.82, 2.24) is 19.5 Å². The molecule has 1 amide bonds. The number of phenolic OH excluding ortho intramolecular Hbond substituents is 3. The number of ether oxygens (including phenoxy) is 3. The third-order valence-corrected chi connectivity index (χ3v) is 6.21. The number of H-pyrrole nitrogens is 1. The highest BCUT2D eigenvalue weighted by molar-refractivity contribution is 5.92. The van der Waals surface area contributed by atoms with E-state index in [0.717, 1.165) is 12.1 Å². The molecule has 0 aliphatic carbocycles. The molecule has 16 nitrogen and oxygen atoms in total. The number of hydrogen-bond acceptors (Lipinski definition) is 13. The fourth-order valence-electron chi connectivity index (χ4n) is 4.11. The van der Waals surface area contributed by atoms with E-state index in [2.05, 4.69) is 26.8 Å².